The SMILES string of the molecule is CC1CCC(Oc2ccc(S(N)(=O)=O)cn2)CC1. The molecule has 1 aliphatic carbocycles. The van der Waals surface area contributed by atoms with E-state index in [9.17, 15) is 8.42 Å². The Kier molecular flexibility index (Phi) is 3.87. The Balaban J connectivity index is 1.98. The van der Waals surface area contributed by atoms with Crippen molar-refractivity contribution in [2.45, 2.75) is 43.6 Å². The van der Waals surface area contributed by atoms with Crippen molar-refractivity contribution in [3.63, 3.8) is 0 Å². The van der Waals surface area contributed by atoms with Gasteiger partial charge in [0.2, 0.25) is 15.9 Å². The van der Waals surface area contributed by atoms with Crippen LogP contribution < -0.4 is 9.88 Å². The monoisotopic (exact) mass is 270 g/mol. The number of nitrogens with zero attached hydrogens (tertiary/aromatic N) is 1. The minimum atomic E-state index is -3.68. The first-order valence-corrected chi connectivity index (χ1v) is 7.65. The van der Waals surface area contributed by atoms with Gasteiger partial charge in [0.25, 0.3) is 0 Å². The number of rotatable bonds is 3. The van der Waals surface area contributed by atoms with Crippen LogP contribution in [0.25, 0.3) is 0 Å². The molecular weight excluding hydrogens is 252 g/mol. The molecule has 5 nitrogen and oxygen atoms in total. The van der Waals surface area contributed by atoms with Crippen LogP contribution in [0, 0.1) is 5.92 Å². The molecule has 2 N–H and O–H groups in total. The van der Waals surface area contributed by atoms with Gasteiger partial charge in [-0.1, -0.05) is 6.92 Å². The van der Waals surface area contributed by atoms with Crippen molar-refractivity contribution >= 4 is 10.0 Å². The summed E-state index contributed by atoms with van der Waals surface area (Å²) in [7, 11) is -3.68. The predicted octanol–water partition coefficient (Wildman–Crippen LogP) is 1.69. The summed E-state index contributed by atoms with van der Waals surface area (Å²) in [6.45, 7) is 2.25. The molecule has 0 aliphatic heterocycles. The molecule has 1 aromatic heterocycles. The molecule has 18 heavy (non-hydrogen) atoms. The normalized spacial score (nSPS) is 24.8. The van der Waals surface area contributed by atoms with Crippen molar-refractivity contribution in [2.24, 2.45) is 11.1 Å². The Morgan fingerprint density at radius 1 is 1.28 bits per heavy atom. The van der Waals surface area contributed by atoms with Gasteiger partial charge in [-0.3, -0.25) is 0 Å². The van der Waals surface area contributed by atoms with Crippen LogP contribution >= 0.6 is 0 Å². The van der Waals surface area contributed by atoms with Crippen LogP contribution in [0.4, 0.5) is 0 Å². The van der Waals surface area contributed by atoms with Gasteiger partial charge in [0.15, 0.2) is 0 Å². The highest BCUT2D eigenvalue weighted by Crippen LogP contribution is 2.26. The maximum atomic E-state index is 11.1. The number of pyridine rings is 1. The van der Waals surface area contributed by atoms with E-state index in [4.69, 9.17) is 9.88 Å². The van der Waals surface area contributed by atoms with Gasteiger partial charge >= 0.3 is 0 Å². The summed E-state index contributed by atoms with van der Waals surface area (Å²) in [4.78, 5) is 3.98. The second-order valence-electron chi connectivity index (χ2n) is 4.88. The van der Waals surface area contributed by atoms with Gasteiger partial charge in [-0.05, 0) is 37.7 Å². The third-order valence-electron chi connectivity index (χ3n) is 3.29. The van der Waals surface area contributed by atoms with E-state index in [-0.39, 0.29) is 11.0 Å². The van der Waals surface area contributed by atoms with Crippen molar-refractivity contribution in [1.29, 1.82) is 0 Å². The summed E-state index contributed by atoms with van der Waals surface area (Å²) >= 11 is 0. The highest BCUT2D eigenvalue weighted by atomic mass is 32.2. The number of sulfonamides is 1. The van der Waals surface area contributed by atoms with Gasteiger partial charge in [0.05, 0.1) is 6.20 Å². The Morgan fingerprint density at radius 2 is 1.94 bits per heavy atom. The summed E-state index contributed by atoms with van der Waals surface area (Å²) in [6, 6.07) is 2.97. The Hall–Kier alpha value is -1.14. The first kappa shape index (κ1) is 13.3. The molecule has 0 bridgehead atoms. The fourth-order valence-electron chi connectivity index (χ4n) is 2.12. The van der Waals surface area contributed by atoms with Crippen LogP contribution in [0.2, 0.25) is 0 Å². The van der Waals surface area contributed by atoms with Gasteiger partial charge in [-0.25, -0.2) is 18.5 Å². The molecule has 1 aliphatic rings. The quantitative estimate of drug-likeness (QED) is 0.906. The molecule has 0 radical (unpaired) electrons. The second kappa shape index (κ2) is 5.24. The van der Waals surface area contributed by atoms with E-state index in [1.54, 1.807) is 6.07 Å². The zero-order valence-electron chi connectivity index (χ0n) is 10.4. The van der Waals surface area contributed by atoms with Crippen molar-refractivity contribution in [1.82, 2.24) is 4.98 Å². The summed E-state index contributed by atoms with van der Waals surface area (Å²) < 4.78 is 27.9. The van der Waals surface area contributed by atoms with E-state index < -0.39 is 10.0 Å². The molecule has 2 rings (SSSR count). The zero-order chi connectivity index (χ0) is 13.2. The summed E-state index contributed by atoms with van der Waals surface area (Å²) in [5.41, 5.74) is 0. The van der Waals surface area contributed by atoms with Gasteiger partial charge in [0, 0.05) is 6.07 Å². The average Bonchev–Trinajstić information content (AvgIpc) is 2.32. The molecule has 0 spiro atoms. The van der Waals surface area contributed by atoms with Gasteiger partial charge < -0.3 is 4.74 Å². The Morgan fingerprint density at radius 3 is 2.44 bits per heavy atom. The Bertz CT molecular complexity index is 491. The van der Waals surface area contributed by atoms with Crippen molar-refractivity contribution < 1.29 is 13.2 Å². The van der Waals surface area contributed by atoms with Crippen LogP contribution in [-0.4, -0.2) is 19.5 Å². The summed E-state index contributed by atoms with van der Waals surface area (Å²) in [5.74, 6) is 1.23. The number of ether oxygens (including phenoxy) is 1. The molecule has 1 aromatic rings. The number of nitrogens with two attached hydrogens (primary N) is 1. The van der Waals surface area contributed by atoms with E-state index in [1.807, 2.05) is 0 Å². The molecule has 1 heterocycles. The lowest BCUT2D eigenvalue weighted by atomic mass is 9.89. The van der Waals surface area contributed by atoms with E-state index in [0.717, 1.165) is 18.8 Å². The molecule has 0 aromatic carbocycles. The van der Waals surface area contributed by atoms with Gasteiger partial charge in [0.1, 0.15) is 11.0 Å². The smallest absolute Gasteiger partial charge is 0.239 e. The highest BCUT2D eigenvalue weighted by molar-refractivity contribution is 7.89. The number of hydrogen-bond acceptors (Lipinski definition) is 4. The maximum absolute atomic E-state index is 11.1. The predicted molar refractivity (Wildman–Crippen MR) is 67.7 cm³/mol. The van der Waals surface area contributed by atoms with Gasteiger partial charge in [-0.2, -0.15) is 0 Å². The second-order valence-corrected chi connectivity index (χ2v) is 6.44. The summed E-state index contributed by atoms with van der Waals surface area (Å²) in [5, 5.41) is 5.00. The third-order valence-corrected chi connectivity index (χ3v) is 4.19. The topological polar surface area (TPSA) is 82.3 Å². The van der Waals surface area contributed by atoms with Crippen LogP contribution in [0.3, 0.4) is 0 Å². The first-order valence-electron chi connectivity index (χ1n) is 6.10. The largest absolute Gasteiger partial charge is 0.474 e. The fourth-order valence-corrected chi connectivity index (χ4v) is 2.58. The molecular formula is C12H18N2O3S. The van der Waals surface area contributed by atoms with Crippen LogP contribution in [0.15, 0.2) is 23.2 Å². The molecule has 0 atom stereocenters. The van der Waals surface area contributed by atoms with E-state index in [2.05, 4.69) is 11.9 Å². The highest BCUT2D eigenvalue weighted by Gasteiger charge is 2.20. The third kappa shape index (κ3) is 3.43. The molecule has 6 heteroatoms. The van der Waals surface area contributed by atoms with Crippen molar-refractivity contribution in [3.05, 3.63) is 18.3 Å². The Labute approximate surface area is 107 Å². The van der Waals surface area contributed by atoms with Crippen LogP contribution in [-0.2, 0) is 10.0 Å². The number of aromatic nitrogens is 1. The molecule has 100 valence electrons. The van der Waals surface area contributed by atoms with Crippen LogP contribution in [0.5, 0.6) is 5.88 Å². The van der Waals surface area contributed by atoms with Crippen molar-refractivity contribution in [2.75, 3.05) is 0 Å². The number of hydrogen-bond donors (Lipinski definition) is 1. The molecule has 1 saturated carbocycles. The fraction of sp³-hybridized carbons (Fsp3) is 0.583. The zero-order valence-corrected chi connectivity index (χ0v) is 11.2. The lowest BCUT2D eigenvalue weighted by Crippen LogP contribution is -2.23. The average molecular weight is 270 g/mol. The van der Waals surface area contributed by atoms with E-state index >= 15 is 0 Å². The maximum Gasteiger partial charge on any atom is 0.239 e. The van der Waals surface area contributed by atoms with E-state index in [0.29, 0.717) is 5.88 Å². The standard InChI is InChI=1S/C12H18N2O3S/c1-9-2-4-10(5-3-9)17-12-7-6-11(8-14-12)18(13,15)16/h6-10H,2-5H2,1H3,(H2,13,15,16). The molecule has 0 amide bonds. The van der Waals surface area contributed by atoms with Gasteiger partial charge in [-0.15, -0.1) is 0 Å². The number of primary sulfonamides is 1. The molecule has 1 fully saturated rings. The lowest BCUT2D eigenvalue weighted by Gasteiger charge is -2.26. The van der Waals surface area contributed by atoms with Crippen molar-refractivity contribution in [3.8, 4) is 5.88 Å². The van der Waals surface area contributed by atoms with Crippen LogP contribution in [0.1, 0.15) is 32.6 Å². The first-order chi connectivity index (χ1) is 8.45. The molecule has 0 unspecified atom stereocenters. The minimum Gasteiger partial charge on any atom is -0.474 e. The molecule has 0 saturated heterocycles. The minimum absolute atomic E-state index is 0.00659. The lowest BCUT2D eigenvalue weighted by molar-refractivity contribution is 0.130. The summed E-state index contributed by atoms with van der Waals surface area (Å²) in [6.07, 6.45) is 5.81. The van der Waals surface area contributed by atoms with E-state index in [1.165, 1.54) is 25.1 Å².